The number of rotatable bonds is 3. The van der Waals surface area contributed by atoms with Gasteiger partial charge in [-0.1, -0.05) is 13.0 Å². The van der Waals surface area contributed by atoms with Gasteiger partial charge < -0.3 is 15.2 Å². The molecule has 0 radical (unpaired) electrons. The van der Waals surface area contributed by atoms with Crippen molar-refractivity contribution < 1.29 is 9.47 Å². The second-order valence-electron chi connectivity index (χ2n) is 3.56. The van der Waals surface area contributed by atoms with Crippen molar-refractivity contribution in [3.63, 3.8) is 0 Å². The third-order valence-corrected chi connectivity index (χ3v) is 2.46. The molecule has 0 aromatic heterocycles. The molecular formula is C11H16ClNO2. The van der Waals surface area contributed by atoms with Gasteiger partial charge >= 0.3 is 0 Å². The van der Waals surface area contributed by atoms with Crippen LogP contribution in [0.25, 0.3) is 0 Å². The molecule has 1 aromatic carbocycles. The van der Waals surface area contributed by atoms with Gasteiger partial charge in [0.05, 0.1) is 0 Å². The van der Waals surface area contributed by atoms with E-state index in [1.54, 1.807) is 0 Å². The first-order valence-electron chi connectivity index (χ1n) is 4.93. The van der Waals surface area contributed by atoms with Crippen LogP contribution >= 0.6 is 12.4 Å². The number of halogens is 1. The van der Waals surface area contributed by atoms with Crippen LogP contribution in [0.1, 0.15) is 18.9 Å². The van der Waals surface area contributed by atoms with Crippen LogP contribution in [-0.4, -0.2) is 12.8 Å². The number of hydrogen-bond donors (Lipinski definition) is 1. The second-order valence-corrected chi connectivity index (χ2v) is 3.56. The minimum Gasteiger partial charge on any atom is -0.454 e. The average molecular weight is 230 g/mol. The molecule has 0 saturated carbocycles. The molecule has 15 heavy (non-hydrogen) atoms. The lowest BCUT2D eigenvalue weighted by Crippen LogP contribution is -2.21. The van der Waals surface area contributed by atoms with Crippen molar-refractivity contribution >= 4 is 12.4 Å². The van der Waals surface area contributed by atoms with Gasteiger partial charge in [0, 0.05) is 6.04 Å². The third kappa shape index (κ3) is 2.76. The van der Waals surface area contributed by atoms with Crippen LogP contribution in [-0.2, 0) is 6.42 Å². The highest BCUT2D eigenvalue weighted by Gasteiger charge is 2.13. The van der Waals surface area contributed by atoms with Gasteiger partial charge in [0.25, 0.3) is 0 Å². The molecular weight excluding hydrogens is 214 g/mol. The van der Waals surface area contributed by atoms with E-state index in [2.05, 4.69) is 6.92 Å². The van der Waals surface area contributed by atoms with Crippen molar-refractivity contribution in [3.05, 3.63) is 23.8 Å². The van der Waals surface area contributed by atoms with E-state index in [1.165, 1.54) is 5.56 Å². The Morgan fingerprint density at radius 1 is 1.33 bits per heavy atom. The number of ether oxygens (including phenoxy) is 2. The molecule has 1 unspecified atom stereocenters. The zero-order valence-electron chi connectivity index (χ0n) is 8.73. The monoisotopic (exact) mass is 229 g/mol. The lowest BCUT2D eigenvalue weighted by atomic mass is 10.0. The number of fused-ring (bicyclic) bond motifs is 1. The maximum absolute atomic E-state index is 5.88. The summed E-state index contributed by atoms with van der Waals surface area (Å²) in [6, 6.07) is 6.23. The quantitative estimate of drug-likeness (QED) is 0.864. The van der Waals surface area contributed by atoms with E-state index >= 15 is 0 Å². The fraction of sp³-hybridized carbons (Fsp3) is 0.455. The molecule has 1 atom stereocenters. The maximum atomic E-state index is 5.88. The van der Waals surface area contributed by atoms with Crippen LogP contribution in [0.15, 0.2) is 18.2 Å². The highest BCUT2D eigenvalue weighted by atomic mass is 35.5. The van der Waals surface area contributed by atoms with Crippen LogP contribution in [0.3, 0.4) is 0 Å². The fourth-order valence-electron chi connectivity index (χ4n) is 1.52. The van der Waals surface area contributed by atoms with E-state index in [0.717, 1.165) is 24.3 Å². The lowest BCUT2D eigenvalue weighted by molar-refractivity contribution is 0.174. The first-order valence-corrected chi connectivity index (χ1v) is 4.93. The molecule has 1 aliphatic rings. The summed E-state index contributed by atoms with van der Waals surface area (Å²) in [6.07, 6.45) is 1.89. The lowest BCUT2D eigenvalue weighted by Gasteiger charge is -2.08. The van der Waals surface area contributed by atoms with E-state index in [-0.39, 0.29) is 18.4 Å². The topological polar surface area (TPSA) is 44.5 Å². The largest absolute Gasteiger partial charge is 0.454 e. The van der Waals surface area contributed by atoms with Gasteiger partial charge in [-0.05, 0) is 30.5 Å². The van der Waals surface area contributed by atoms with Crippen LogP contribution < -0.4 is 15.2 Å². The SMILES string of the molecule is CCC(N)Cc1ccc2c(c1)OCO2.Cl. The van der Waals surface area contributed by atoms with Crippen molar-refractivity contribution in [3.8, 4) is 11.5 Å². The predicted octanol–water partition coefficient (Wildman–Crippen LogP) is 2.12. The number of hydrogen-bond acceptors (Lipinski definition) is 3. The van der Waals surface area contributed by atoms with E-state index in [9.17, 15) is 0 Å². The summed E-state index contributed by atoms with van der Waals surface area (Å²) in [5, 5.41) is 0. The van der Waals surface area contributed by atoms with E-state index < -0.39 is 0 Å². The number of benzene rings is 1. The van der Waals surface area contributed by atoms with Crippen LogP contribution in [0.5, 0.6) is 11.5 Å². The van der Waals surface area contributed by atoms with E-state index in [1.807, 2.05) is 18.2 Å². The summed E-state index contributed by atoms with van der Waals surface area (Å²) in [6.45, 7) is 2.43. The highest BCUT2D eigenvalue weighted by molar-refractivity contribution is 5.85. The molecule has 0 fully saturated rings. The molecule has 3 nitrogen and oxygen atoms in total. The molecule has 4 heteroatoms. The minimum atomic E-state index is 0. The molecule has 2 N–H and O–H groups in total. The second kappa shape index (κ2) is 5.24. The first-order chi connectivity index (χ1) is 6.79. The average Bonchev–Trinajstić information content (AvgIpc) is 2.64. The Hall–Kier alpha value is -0.930. The van der Waals surface area contributed by atoms with Crippen molar-refractivity contribution in [1.82, 2.24) is 0 Å². The summed E-state index contributed by atoms with van der Waals surface area (Å²) in [5.74, 6) is 1.67. The van der Waals surface area contributed by atoms with Crippen molar-refractivity contribution in [1.29, 1.82) is 0 Å². The zero-order chi connectivity index (χ0) is 9.97. The van der Waals surface area contributed by atoms with Gasteiger partial charge in [-0.3, -0.25) is 0 Å². The molecule has 0 aliphatic carbocycles. The van der Waals surface area contributed by atoms with E-state index in [0.29, 0.717) is 6.79 Å². The van der Waals surface area contributed by atoms with Gasteiger partial charge in [0.2, 0.25) is 6.79 Å². The van der Waals surface area contributed by atoms with Crippen molar-refractivity contribution in [2.45, 2.75) is 25.8 Å². The van der Waals surface area contributed by atoms with Crippen LogP contribution in [0.4, 0.5) is 0 Å². The van der Waals surface area contributed by atoms with Crippen molar-refractivity contribution in [2.75, 3.05) is 6.79 Å². The van der Waals surface area contributed by atoms with Gasteiger partial charge in [0.1, 0.15) is 0 Å². The van der Waals surface area contributed by atoms with Gasteiger partial charge in [-0.15, -0.1) is 12.4 Å². The standard InChI is InChI=1S/C11H15NO2.ClH/c1-2-9(12)5-8-3-4-10-11(6-8)14-7-13-10;/h3-4,6,9H,2,5,7,12H2,1H3;1H. The molecule has 1 aromatic rings. The van der Waals surface area contributed by atoms with Gasteiger partial charge in [0.15, 0.2) is 11.5 Å². The number of nitrogens with two attached hydrogens (primary N) is 1. The zero-order valence-corrected chi connectivity index (χ0v) is 9.55. The molecule has 84 valence electrons. The van der Waals surface area contributed by atoms with Crippen LogP contribution in [0, 0.1) is 0 Å². The van der Waals surface area contributed by atoms with Gasteiger partial charge in [-0.25, -0.2) is 0 Å². The molecule has 0 saturated heterocycles. The van der Waals surface area contributed by atoms with Gasteiger partial charge in [-0.2, -0.15) is 0 Å². The van der Waals surface area contributed by atoms with Crippen LogP contribution in [0.2, 0.25) is 0 Å². The molecule has 1 aliphatic heterocycles. The highest BCUT2D eigenvalue weighted by Crippen LogP contribution is 2.32. The Morgan fingerprint density at radius 2 is 2.07 bits per heavy atom. The minimum absolute atomic E-state index is 0. The van der Waals surface area contributed by atoms with E-state index in [4.69, 9.17) is 15.2 Å². The molecule has 2 rings (SSSR count). The summed E-state index contributed by atoms with van der Waals surface area (Å²) >= 11 is 0. The molecule has 1 heterocycles. The summed E-state index contributed by atoms with van der Waals surface area (Å²) in [4.78, 5) is 0. The Morgan fingerprint density at radius 3 is 2.80 bits per heavy atom. The first kappa shape index (κ1) is 12.1. The maximum Gasteiger partial charge on any atom is 0.231 e. The summed E-state index contributed by atoms with van der Waals surface area (Å²) in [5.41, 5.74) is 7.09. The predicted molar refractivity (Wildman–Crippen MR) is 61.8 cm³/mol. The molecule has 0 bridgehead atoms. The Bertz CT molecular complexity index is 330. The van der Waals surface area contributed by atoms with Crippen molar-refractivity contribution in [2.24, 2.45) is 5.73 Å². The third-order valence-electron chi connectivity index (χ3n) is 2.46. The summed E-state index contributed by atoms with van der Waals surface area (Å²) < 4.78 is 10.5. The molecule has 0 amide bonds. The Balaban J connectivity index is 0.00000112. The summed E-state index contributed by atoms with van der Waals surface area (Å²) in [7, 11) is 0. The smallest absolute Gasteiger partial charge is 0.231 e. The molecule has 0 spiro atoms. The normalized spacial score (nSPS) is 14.5. The fourth-order valence-corrected chi connectivity index (χ4v) is 1.52. The Kier molecular flexibility index (Phi) is 4.24. The Labute approximate surface area is 96.0 Å².